The van der Waals surface area contributed by atoms with E-state index in [1.165, 1.54) is 66.3 Å². The second-order valence-corrected chi connectivity index (χ2v) is 9.57. The molecule has 6 rings (SSSR count). The van der Waals surface area contributed by atoms with Gasteiger partial charge >= 0.3 is 0 Å². The van der Waals surface area contributed by atoms with Gasteiger partial charge in [-0.05, 0) is 61.8 Å². The maximum absolute atomic E-state index is 4.97. The molecule has 3 aliphatic rings. The van der Waals surface area contributed by atoms with Crippen LogP contribution in [0.5, 0.6) is 0 Å². The number of fused-ring (bicyclic) bond motifs is 1. The quantitative estimate of drug-likeness (QED) is 0.562. The van der Waals surface area contributed by atoms with Crippen LogP contribution in [0, 0.1) is 12.8 Å². The highest BCUT2D eigenvalue weighted by atomic mass is 15.3. The molecule has 0 spiro atoms. The molecule has 0 bridgehead atoms. The second kappa shape index (κ2) is 7.35. The molecule has 1 aromatic carbocycles. The molecule has 1 aliphatic heterocycles. The van der Waals surface area contributed by atoms with E-state index in [1.807, 2.05) is 6.20 Å². The monoisotopic (exact) mass is 398 g/mol. The predicted octanol–water partition coefficient (Wildman–Crippen LogP) is 5.59. The van der Waals surface area contributed by atoms with Crippen LogP contribution in [-0.2, 0) is 19.6 Å². The van der Waals surface area contributed by atoms with E-state index >= 15 is 0 Å². The first-order valence-corrected chi connectivity index (χ1v) is 11.6. The van der Waals surface area contributed by atoms with E-state index < -0.39 is 0 Å². The van der Waals surface area contributed by atoms with E-state index in [1.54, 1.807) is 0 Å². The average Bonchev–Trinajstić information content (AvgIpc) is 3.14. The van der Waals surface area contributed by atoms with Crippen LogP contribution in [0.25, 0.3) is 22.4 Å². The van der Waals surface area contributed by atoms with E-state index in [0.29, 0.717) is 0 Å². The third-order valence-corrected chi connectivity index (χ3v) is 7.19. The lowest BCUT2D eigenvalue weighted by Gasteiger charge is -2.12. The molecular formula is C26H30N4. The molecule has 0 radical (unpaired) electrons. The van der Waals surface area contributed by atoms with Gasteiger partial charge < -0.3 is 0 Å². The van der Waals surface area contributed by atoms with Crippen LogP contribution in [0.1, 0.15) is 55.3 Å². The Morgan fingerprint density at radius 3 is 2.60 bits per heavy atom. The number of benzene rings is 1. The summed E-state index contributed by atoms with van der Waals surface area (Å²) >= 11 is 0. The van der Waals surface area contributed by atoms with Crippen molar-refractivity contribution >= 4 is 0 Å². The standard InChI is InChI=1S/C26H30N4/c1-18-6-11-25(23-13-27-30(17-23)14-19-4-2-3-5-19)26(28-18)20-7-8-21-15-29(24-9-10-24)16-22(21)12-20/h6-8,11-13,17,19,24H,2-5,9-10,14-16H2,1H3. The molecule has 4 heteroatoms. The molecule has 30 heavy (non-hydrogen) atoms. The number of hydrogen-bond donors (Lipinski definition) is 0. The highest BCUT2D eigenvalue weighted by Crippen LogP contribution is 2.37. The maximum atomic E-state index is 4.97. The fourth-order valence-corrected chi connectivity index (χ4v) is 5.34. The Kier molecular flexibility index (Phi) is 4.49. The number of pyridine rings is 1. The SMILES string of the molecule is Cc1ccc(-c2cnn(CC3CCCC3)c2)c(-c2ccc3c(c2)CN(C2CC2)C3)n1. The van der Waals surface area contributed by atoms with Gasteiger partial charge in [0.15, 0.2) is 0 Å². The number of aromatic nitrogens is 3. The molecule has 0 unspecified atom stereocenters. The fraction of sp³-hybridized carbons (Fsp3) is 0.462. The van der Waals surface area contributed by atoms with Crippen LogP contribution < -0.4 is 0 Å². The summed E-state index contributed by atoms with van der Waals surface area (Å²) in [5.74, 6) is 0.791. The number of nitrogens with zero attached hydrogens (tertiary/aromatic N) is 4. The number of hydrogen-bond acceptors (Lipinski definition) is 3. The topological polar surface area (TPSA) is 34.0 Å². The van der Waals surface area contributed by atoms with Gasteiger partial charge in [0.25, 0.3) is 0 Å². The summed E-state index contributed by atoms with van der Waals surface area (Å²) < 4.78 is 2.14. The van der Waals surface area contributed by atoms with E-state index in [-0.39, 0.29) is 0 Å². The van der Waals surface area contributed by atoms with Gasteiger partial charge in [-0.15, -0.1) is 0 Å². The minimum absolute atomic E-state index is 0.791. The zero-order valence-corrected chi connectivity index (χ0v) is 17.8. The molecule has 0 amide bonds. The van der Waals surface area contributed by atoms with Crippen LogP contribution in [0.2, 0.25) is 0 Å². The first-order valence-electron chi connectivity index (χ1n) is 11.6. The molecule has 2 fully saturated rings. The Bertz CT molecular complexity index is 1070. The molecule has 2 aromatic heterocycles. The lowest BCUT2D eigenvalue weighted by molar-refractivity contribution is 0.273. The lowest BCUT2D eigenvalue weighted by atomic mass is 9.98. The lowest BCUT2D eigenvalue weighted by Crippen LogP contribution is -2.18. The zero-order chi connectivity index (χ0) is 20.1. The molecule has 0 atom stereocenters. The van der Waals surface area contributed by atoms with Gasteiger partial charge in [-0.25, -0.2) is 0 Å². The van der Waals surface area contributed by atoms with Crippen molar-refractivity contribution < 1.29 is 0 Å². The third kappa shape index (κ3) is 3.47. The summed E-state index contributed by atoms with van der Waals surface area (Å²) in [6, 6.07) is 12.1. The third-order valence-electron chi connectivity index (χ3n) is 7.19. The van der Waals surface area contributed by atoms with Gasteiger partial charge in [0, 0.05) is 54.3 Å². The van der Waals surface area contributed by atoms with Crippen molar-refractivity contribution in [2.45, 2.75) is 71.1 Å². The largest absolute Gasteiger partial charge is 0.292 e. The van der Waals surface area contributed by atoms with Crippen LogP contribution in [-0.4, -0.2) is 25.7 Å². The Morgan fingerprint density at radius 2 is 1.77 bits per heavy atom. The Morgan fingerprint density at radius 1 is 0.933 bits per heavy atom. The molecule has 154 valence electrons. The Labute approximate surface area is 178 Å². The molecule has 4 nitrogen and oxygen atoms in total. The number of aryl methyl sites for hydroxylation is 1. The van der Waals surface area contributed by atoms with Gasteiger partial charge in [0.1, 0.15) is 0 Å². The van der Waals surface area contributed by atoms with Crippen LogP contribution in [0.4, 0.5) is 0 Å². The van der Waals surface area contributed by atoms with Crippen molar-refractivity contribution in [2.24, 2.45) is 5.92 Å². The van der Waals surface area contributed by atoms with Crippen LogP contribution in [0.3, 0.4) is 0 Å². The highest BCUT2D eigenvalue weighted by Gasteiger charge is 2.33. The minimum atomic E-state index is 0.791. The van der Waals surface area contributed by atoms with E-state index in [0.717, 1.165) is 43.0 Å². The minimum Gasteiger partial charge on any atom is -0.292 e. The van der Waals surface area contributed by atoms with Crippen molar-refractivity contribution in [1.82, 2.24) is 19.7 Å². The first kappa shape index (κ1) is 18.3. The first-order chi connectivity index (χ1) is 14.7. The highest BCUT2D eigenvalue weighted by molar-refractivity contribution is 5.80. The molecule has 2 aliphatic carbocycles. The van der Waals surface area contributed by atoms with E-state index in [2.05, 4.69) is 58.1 Å². The van der Waals surface area contributed by atoms with Crippen molar-refractivity contribution in [3.63, 3.8) is 0 Å². The van der Waals surface area contributed by atoms with Gasteiger partial charge in [0.05, 0.1) is 11.9 Å². The number of rotatable bonds is 5. The van der Waals surface area contributed by atoms with Crippen LogP contribution in [0.15, 0.2) is 42.7 Å². The molecular weight excluding hydrogens is 368 g/mol. The average molecular weight is 399 g/mol. The second-order valence-electron chi connectivity index (χ2n) is 9.57. The summed E-state index contributed by atoms with van der Waals surface area (Å²) in [7, 11) is 0. The summed E-state index contributed by atoms with van der Waals surface area (Å²) in [6.07, 6.45) is 12.4. The summed E-state index contributed by atoms with van der Waals surface area (Å²) in [5.41, 5.74) is 8.71. The van der Waals surface area contributed by atoms with E-state index in [9.17, 15) is 0 Å². The molecule has 0 N–H and O–H groups in total. The predicted molar refractivity (Wildman–Crippen MR) is 120 cm³/mol. The van der Waals surface area contributed by atoms with Gasteiger partial charge in [-0.1, -0.05) is 31.0 Å². The Hall–Kier alpha value is -2.46. The maximum Gasteiger partial charge on any atom is 0.0784 e. The van der Waals surface area contributed by atoms with Crippen molar-refractivity contribution in [3.05, 3.63) is 59.5 Å². The summed E-state index contributed by atoms with van der Waals surface area (Å²) in [6.45, 7) is 5.33. The van der Waals surface area contributed by atoms with Gasteiger partial charge in [-0.2, -0.15) is 5.10 Å². The van der Waals surface area contributed by atoms with Gasteiger partial charge in [-0.3, -0.25) is 14.6 Å². The summed E-state index contributed by atoms with van der Waals surface area (Å²) in [5, 5.41) is 4.69. The van der Waals surface area contributed by atoms with Crippen LogP contribution >= 0.6 is 0 Å². The van der Waals surface area contributed by atoms with Crippen molar-refractivity contribution in [1.29, 1.82) is 0 Å². The van der Waals surface area contributed by atoms with Crippen molar-refractivity contribution in [2.75, 3.05) is 0 Å². The Balaban J connectivity index is 1.32. The van der Waals surface area contributed by atoms with E-state index in [4.69, 9.17) is 4.98 Å². The smallest absolute Gasteiger partial charge is 0.0784 e. The fourth-order valence-electron chi connectivity index (χ4n) is 5.34. The molecule has 2 saturated carbocycles. The molecule has 3 aromatic rings. The summed E-state index contributed by atoms with van der Waals surface area (Å²) in [4.78, 5) is 7.60. The molecule has 0 saturated heterocycles. The van der Waals surface area contributed by atoms with Gasteiger partial charge in [0.2, 0.25) is 0 Å². The normalized spacial score (nSPS) is 19.5. The zero-order valence-electron chi connectivity index (χ0n) is 17.8. The van der Waals surface area contributed by atoms with Crippen molar-refractivity contribution in [3.8, 4) is 22.4 Å². The molecule has 3 heterocycles.